The summed E-state index contributed by atoms with van der Waals surface area (Å²) < 4.78 is 0. The van der Waals surface area contributed by atoms with Gasteiger partial charge in [-0.05, 0) is 0 Å². The Morgan fingerprint density at radius 2 is 1.92 bits per heavy atom. The van der Waals surface area contributed by atoms with E-state index in [0.717, 1.165) is 0 Å². The van der Waals surface area contributed by atoms with Crippen molar-refractivity contribution in [2.24, 2.45) is 0 Å². The zero-order chi connectivity index (χ0) is 10.3. The number of aliphatic hydroxyl groups excluding tert-OH is 1. The van der Waals surface area contributed by atoms with Gasteiger partial charge in [-0.25, -0.2) is 10.9 Å². The highest BCUT2D eigenvalue weighted by Crippen LogP contribution is 1.77. The highest BCUT2D eigenvalue weighted by molar-refractivity contribution is 5.73. The first-order valence-electron chi connectivity index (χ1n) is 3.36. The number of aliphatic hydroxyl groups is 1. The molecule has 8 heteroatoms. The van der Waals surface area contributed by atoms with Crippen molar-refractivity contribution in [2.45, 2.75) is 6.04 Å². The molecule has 13 heavy (non-hydrogen) atoms. The lowest BCUT2D eigenvalue weighted by molar-refractivity contribution is -0.140. The number of carboxylic acids is 2. The fourth-order valence-electron chi connectivity index (χ4n) is 0.443. The van der Waals surface area contributed by atoms with E-state index in [1.165, 1.54) is 0 Å². The van der Waals surface area contributed by atoms with Crippen LogP contribution in [0.15, 0.2) is 0 Å². The lowest BCUT2D eigenvalue weighted by atomic mass is 10.3. The van der Waals surface area contributed by atoms with Crippen LogP contribution >= 0.6 is 0 Å². The van der Waals surface area contributed by atoms with Crippen LogP contribution < -0.4 is 16.4 Å². The van der Waals surface area contributed by atoms with E-state index < -0.39 is 24.6 Å². The van der Waals surface area contributed by atoms with Crippen LogP contribution in [-0.2, 0) is 9.59 Å². The van der Waals surface area contributed by atoms with Crippen molar-refractivity contribution in [3.8, 4) is 0 Å². The molecular formula is C5H11N3O5. The van der Waals surface area contributed by atoms with Crippen LogP contribution in [0.4, 0.5) is 0 Å². The number of carboxylic acid groups (broad SMARTS) is 2. The predicted octanol–water partition coefficient (Wildman–Crippen LogP) is -2.88. The van der Waals surface area contributed by atoms with Gasteiger partial charge >= 0.3 is 11.9 Å². The number of rotatable bonds is 7. The molecule has 0 unspecified atom stereocenters. The molecule has 0 spiro atoms. The molecule has 0 saturated carbocycles. The maximum Gasteiger partial charge on any atom is 0.324 e. The Balaban J connectivity index is 3.50. The smallest absolute Gasteiger partial charge is 0.324 e. The van der Waals surface area contributed by atoms with E-state index in [-0.39, 0.29) is 6.54 Å². The molecule has 76 valence electrons. The molecule has 0 bridgehead atoms. The Hall–Kier alpha value is -1.22. The largest absolute Gasteiger partial charge is 0.480 e. The normalized spacial score (nSPS) is 12.4. The summed E-state index contributed by atoms with van der Waals surface area (Å²) in [4.78, 5) is 20.2. The minimum Gasteiger partial charge on any atom is -0.480 e. The van der Waals surface area contributed by atoms with Gasteiger partial charge in [0.2, 0.25) is 0 Å². The van der Waals surface area contributed by atoms with Gasteiger partial charge in [0, 0.05) is 0 Å². The highest BCUT2D eigenvalue weighted by atomic mass is 16.4. The van der Waals surface area contributed by atoms with Crippen molar-refractivity contribution in [3.63, 3.8) is 0 Å². The van der Waals surface area contributed by atoms with Crippen molar-refractivity contribution in [2.75, 3.05) is 13.2 Å². The van der Waals surface area contributed by atoms with E-state index in [2.05, 4.69) is 16.4 Å². The lowest BCUT2D eigenvalue weighted by Crippen LogP contribution is -2.54. The van der Waals surface area contributed by atoms with Gasteiger partial charge in [0.05, 0.1) is 6.61 Å². The van der Waals surface area contributed by atoms with Crippen molar-refractivity contribution in [3.05, 3.63) is 0 Å². The van der Waals surface area contributed by atoms with E-state index in [4.69, 9.17) is 15.3 Å². The number of hydrogen-bond donors (Lipinski definition) is 6. The van der Waals surface area contributed by atoms with E-state index in [9.17, 15) is 9.59 Å². The first kappa shape index (κ1) is 11.8. The molecule has 0 aromatic rings. The molecule has 0 radical (unpaired) electrons. The predicted molar refractivity (Wildman–Crippen MR) is 40.4 cm³/mol. The maximum atomic E-state index is 10.3. The van der Waals surface area contributed by atoms with Crippen LogP contribution in [0.25, 0.3) is 0 Å². The molecule has 0 heterocycles. The van der Waals surface area contributed by atoms with Gasteiger partial charge in [-0.1, -0.05) is 0 Å². The summed E-state index contributed by atoms with van der Waals surface area (Å²) in [5.41, 5.74) is 6.45. The number of hydrogen-bond acceptors (Lipinski definition) is 6. The molecule has 6 N–H and O–H groups in total. The van der Waals surface area contributed by atoms with E-state index in [1.54, 1.807) is 0 Å². The molecule has 1 atom stereocenters. The fourth-order valence-corrected chi connectivity index (χ4v) is 0.443. The second-order valence-electron chi connectivity index (χ2n) is 2.09. The van der Waals surface area contributed by atoms with E-state index >= 15 is 0 Å². The fraction of sp³-hybridized carbons (Fsp3) is 0.600. The van der Waals surface area contributed by atoms with Gasteiger partial charge in [-0.3, -0.25) is 9.59 Å². The molecule has 0 aliphatic carbocycles. The summed E-state index contributed by atoms with van der Waals surface area (Å²) in [6.07, 6.45) is 0. The SMILES string of the molecule is O=C(O)CNNN[C@@H](CO)C(=O)O. The summed E-state index contributed by atoms with van der Waals surface area (Å²) in [5.74, 6) is -2.34. The number of aliphatic carboxylic acids is 2. The number of carbonyl (C=O) groups is 2. The third kappa shape index (κ3) is 5.99. The molecule has 0 aliphatic heterocycles. The molecule has 8 nitrogen and oxygen atoms in total. The van der Waals surface area contributed by atoms with Crippen molar-refractivity contribution >= 4 is 11.9 Å². The van der Waals surface area contributed by atoms with Gasteiger partial charge in [0.1, 0.15) is 12.6 Å². The zero-order valence-corrected chi connectivity index (χ0v) is 6.65. The van der Waals surface area contributed by atoms with Gasteiger partial charge in [0.15, 0.2) is 0 Å². The Morgan fingerprint density at radius 1 is 1.31 bits per heavy atom. The first-order chi connectivity index (χ1) is 6.07. The van der Waals surface area contributed by atoms with Gasteiger partial charge in [-0.15, -0.1) is 0 Å². The van der Waals surface area contributed by atoms with Crippen LogP contribution in [-0.4, -0.2) is 46.5 Å². The molecule has 0 fully saturated rings. The molecule has 0 aliphatic rings. The molecule has 0 aromatic carbocycles. The maximum absolute atomic E-state index is 10.3. The number of nitrogens with one attached hydrogen (secondary N) is 3. The monoisotopic (exact) mass is 193 g/mol. The zero-order valence-electron chi connectivity index (χ0n) is 6.65. The third-order valence-electron chi connectivity index (χ3n) is 1.06. The minimum absolute atomic E-state index is 0.370. The second kappa shape index (κ2) is 6.31. The van der Waals surface area contributed by atoms with Crippen LogP contribution in [0.2, 0.25) is 0 Å². The highest BCUT2D eigenvalue weighted by Gasteiger charge is 2.14. The van der Waals surface area contributed by atoms with Crippen LogP contribution in [0.5, 0.6) is 0 Å². The standard InChI is InChI=1S/C5H11N3O5/c9-2-3(5(12)13)7-8-6-1-4(10)11/h3,6-9H,1-2H2,(H,10,11)(H,12,13)/t3-/m0/s1. The van der Waals surface area contributed by atoms with E-state index in [0.29, 0.717) is 0 Å². The summed E-state index contributed by atoms with van der Waals surface area (Å²) in [7, 11) is 0. The summed E-state index contributed by atoms with van der Waals surface area (Å²) in [6, 6.07) is -1.18. The Bertz CT molecular complexity index is 185. The average molecular weight is 193 g/mol. The van der Waals surface area contributed by atoms with Gasteiger partial charge < -0.3 is 15.3 Å². The number of hydrazine groups is 2. The van der Waals surface area contributed by atoms with Crippen LogP contribution in [0.1, 0.15) is 0 Å². The second-order valence-corrected chi connectivity index (χ2v) is 2.09. The Labute approximate surface area is 73.5 Å². The first-order valence-corrected chi connectivity index (χ1v) is 3.36. The third-order valence-corrected chi connectivity index (χ3v) is 1.06. The van der Waals surface area contributed by atoms with Crippen molar-refractivity contribution in [1.29, 1.82) is 0 Å². The Morgan fingerprint density at radius 3 is 2.31 bits per heavy atom. The van der Waals surface area contributed by atoms with Gasteiger partial charge in [-0.2, -0.15) is 5.53 Å². The molecule has 0 aromatic heterocycles. The Kier molecular flexibility index (Phi) is 5.72. The lowest BCUT2D eigenvalue weighted by Gasteiger charge is -2.12. The molecule has 0 saturated heterocycles. The van der Waals surface area contributed by atoms with Crippen LogP contribution in [0, 0.1) is 0 Å². The quantitative estimate of drug-likeness (QED) is 0.188. The summed E-state index contributed by atoms with van der Waals surface area (Å²) in [5, 5.41) is 25.0. The van der Waals surface area contributed by atoms with E-state index in [1.807, 2.05) is 0 Å². The summed E-state index contributed by atoms with van der Waals surface area (Å²) in [6.45, 7) is -0.970. The van der Waals surface area contributed by atoms with Crippen molar-refractivity contribution < 1.29 is 24.9 Å². The molecule has 0 amide bonds. The molecule has 0 rings (SSSR count). The average Bonchev–Trinajstić information content (AvgIpc) is 2.03. The van der Waals surface area contributed by atoms with Crippen LogP contribution in [0.3, 0.4) is 0 Å². The molecular weight excluding hydrogens is 182 g/mol. The van der Waals surface area contributed by atoms with Gasteiger partial charge in [0.25, 0.3) is 0 Å². The minimum atomic E-state index is -1.24. The summed E-state index contributed by atoms with van der Waals surface area (Å²) >= 11 is 0. The topological polar surface area (TPSA) is 131 Å². The van der Waals surface area contributed by atoms with Crippen molar-refractivity contribution in [1.82, 2.24) is 16.4 Å².